The second kappa shape index (κ2) is 4.99. The van der Waals surface area contributed by atoms with Gasteiger partial charge in [-0.15, -0.1) is 11.6 Å². The average molecular weight is 299 g/mol. The Hall–Kier alpha value is -1.16. The maximum absolute atomic E-state index is 13.9. The molecule has 2 aromatic rings. The molecule has 2 nitrogen and oxygen atoms in total. The number of fused-ring (bicyclic) bond motifs is 1. The molecule has 0 saturated heterocycles. The Kier molecular flexibility index (Phi) is 3.44. The molecule has 1 aromatic heterocycles. The summed E-state index contributed by atoms with van der Waals surface area (Å²) in [5.74, 6) is -0.101. The maximum atomic E-state index is 13.9. The predicted molar refractivity (Wildman–Crippen MR) is 76.0 cm³/mol. The summed E-state index contributed by atoms with van der Waals surface area (Å²) < 4.78 is 29.4. The number of nitrogens with zero attached hydrogens (tertiary/aromatic N) is 2. The number of rotatable bonds is 2. The van der Waals surface area contributed by atoms with E-state index in [1.54, 1.807) is 0 Å². The second-order valence-electron chi connectivity index (χ2n) is 5.69. The van der Waals surface area contributed by atoms with E-state index in [0.29, 0.717) is 17.3 Å². The highest BCUT2D eigenvalue weighted by molar-refractivity contribution is 6.20. The highest BCUT2D eigenvalue weighted by Crippen LogP contribution is 2.40. The lowest BCUT2D eigenvalue weighted by Gasteiger charge is -2.21. The third-order valence-corrected chi connectivity index (χ3v) is 4.44. The van der Waals surface area contributed by atoms with Crippen LogP contribution in [-0.4, -0.2) is 9.55 Å². The lowest BCUT2D eigenvalue weighted by Crippen LogP contribution is -2.15. The molecular weight excluding hydrogens is 282 g/mol. The molecule has 3 atom stereocenters. The van der Waals surface area contributed by atoms with Crippen molar-refractivity contribution in [2.24, 2.45) is 5.92 Å². The second-order valence-corrected chi connectivity index (χ2v) is 6.34. The first-order chi connectivity index (χ1) is 9.49. The van der Waals surface area contributed by atoms with Crippen molar-refractivity contribution >= 4 is 22.6 Å². The zero-order valence-electron chi connectivity index (χ0n) is 11.5. The normalized spacial score (nSPS) is 24.4. The number of halogens is 3. The number of benzene rings is 1. The molecule has 108 valence electrons. The molecule has 1 aliphatic carbocycles. The smallest absolute Gasteiger partial charge is 0.153 e. The van der Waals surface area contributed by atoms with Gasteiger partial charge in [0.2, 0.25) is 0 Å². The zero-order chi connectivity index (χ0) is 14.4. The summed E-state index contributed by atoms with van der Waals surface area (Å²) in [4.78, 5) is 4.32. The van der Waals surface area contributed by atoms with Gasteiger partial charge in [0.05, 0.1) is 10.9 Å². The van der Waals surface area contributed by atoms with Crippen LogP contribution in [-0.2, 0) is 0 Å². The van der Waals surface area contributed by atoms with Crippen molar-refractivity contribution in [1.29, 1.82) is 0 Å². The Morgan fingerprint density at radius 2 is 2.10 bits per heavy atom. The molecule has 0 N–H and O–H groups in total. The largest absolute Gasteiger partial charge is 0.323 e. The van der Waals surface area contributed by atoms with Crippen LogP contribution >= 0.6 is 11.6 Å². The van der Waals surface area contributed by atoms with Crippen molar-refractivity contribution < 1.29 is 8.78 Å². The third kappa shape index (κ3) is 2.10. The van der Waals surface area contributed by atoms with E-state index < -0.39 is 11.6 Å². The SMILES string of the molecule is CC(Cl)c1nc2c(F)cc(F)cc2n1C1CCCC1C. The van der Waals surface area contributed by atoms with E-state index in [4.69, 9.17) is 11.6 Å². The Morgan fingerprint density at radius 1 is 1.35 bits per heavy atom. The lowest BCUT2D eigenvalue weighted by molar-refractivity contribution is 0.405. The van der Waals surface area contributed by atoms with Crippen LogP contribution in [0.25, 0.3) is 11.0 Å². The van der Waals surface area contributed by atoms with Crippen molar-refractivity contribution in [2.75, 3.05) is 0 Å². The van der Waals surface area contributed by atoms with Gasteiger partial charge in [-0.05, 0) is 31.7 Å². The average Bonchev–Trinajstić information content (AvgIpc) is 2.92. The molecule has 3 rings (SSSR count). The van der Waals surface area contributed by atoms with E-state index in [1.807, 2.05) is 11.5 Å². The molecular formula is C15H17ClF2N2. The topological polar surface area (TPSA) is 17.8 Å². The van der Waals surface area contributed by atoms with E-state index in [9.17, 15) is 8.78 Å². The van der Waals surface area contributed by atoms with Crippen molar-refractivity contribution in [3.63, 3.8) is 0 Å². The van der Waals surface area contributed by atoms with Gasteiger partial charge in [-0.2, -0.15) is 0 Å². The highest BCUT2D eigenvalue weighted by Gasteiger charge is 2.30. The third-order valence-electron chi connectivity index (χ3n) is 4.24. The number of alkyl halides is 1. The molecule has 0 amide bonds. The number of aromatic nitrogens is 2. The minimum absolute atomic E-state index is 0.216. The van der Waals surface area contributed by atoms with Gasteiger partial charge in [0.15, 0.2) is 5.82 Å². The Bertz CT molecular complexity index is 651. The summed E-state index contributed by atoms with van der Waals surface area (Å²) in [5, 5.41) is -0.335. The molecule has 0 spiro atoms. The van der Waals surface area contributed by atoms with Crippen LogP contribution in [0.2, 0.25) is 0 Å². The summed E-state index contributed by atoms with van der Waals surface area (Å²) in [6, 6.07) is 2.46. The molecule has 1 fully saturated rings. The Morgan fingerprint density at radius 3 is 2.70 bits per heavy atom. The van der Waals surface area contributed by atoms with E-state index in [1.165, 1.54) is 6.07 Å². The van der Waals surface area contributed by atoms with E-state index in [2.05, 4.69) is 11.9 Å². The van der Waals surface area contributed by atoms with Gasteiger partial charge in [-0.3, -0.25) is 0 Å². The monoisotopic (exact) mass is 298 g/mol. The summed E-state index contributed by atoms with van der Waals surface area (Å²) in [6.45, 7) is 3.98. The van der Waals surface area contributed by atoms with Crippen LogP contribution < -0.4 is 0 Å². The van der Waals surface area contributed by atoms with Crippen molar-refractivity contribution in [2.45, 2.75) is 44.5 Å². The van der Waals surface area contributed by atoms with Gasteiger partial charge in [0.1, 0.15) is 17.2 Å². The summed E-state index contributed by atoms with van der Waals surface area (Å²) in [6.07, 6.45) is 3.25. The number of hydrogen-bond donors (Lipinski definition) is 0. The molecule has 3 unspecified atom stereocenters. The standard InChI is InChI=1S/C15H17ClF2N2/c1-8-4-3-5-12(8)20-13-7-10(17)6-11(18)14(13)19-15(20)9(2)16/h6-9,12H,3-5H2,1-2H3. The molecule has 20 heavy (non-hydrogen) atoms. The molecule has 1 aliphatic rings. The first-order valence-electron chi connectivity index (χ1n) is 7.00. The molecule has 0 bridgehead atoms. The quantitative estimate of drug-likeness (QED) is 0.715. The van der Waals surface area contributed by atoms with Gasteiger partial charge in [-0.1, -0.05) is 13.3 Å². The number of imidazole rings is 1. The van der Waals surface area contributed by atoms with Crippen molar-refractivity contribution in [1.82, 2.24) is 9.55 Å². The van der Waals surface area contributed by atoms with Gasteiger partial charge < -0.3 is 4.57 Å². The molecule has 1 heterocycles. The summed E-state index contributed by atoms with van der Waals surface area (Å²) in [7, 11) is 0. The first kappa shape index (κ1) is 13.8. The van der Waals surface area contributed by atoms with Crippen LogP contribution in [0.15, 0.2) is 12.1 Å². The highest BCUT2D eigenvalue weighted by atomic mass is 35.5. The predicted octanol–water partition coefficient (Wildman–Crippen LogP) is 4.98. The first-order valence-corrected chi connectivity index (χ1v) is 7.43. The van der Waals surface area contributed by atoms with E-state index in [-0.39, 0.29) is 16.9 Å². The Balaban J connectivity index is 2.28. The molecule has 0 radical (unpaired) electrons. The number of hydrogen-bond acceptors (Lipinski definition) is 1. The molecule has 5 heteroatoms. The van der Waals surface area contributed by atoms with E-state index >= 15 is 0 Å². The summed E-state index contributed by atoms with van der Waals surface area (Å²) in [5.41, 5.74) is 0.733. The minimum Gasteiger partial charge on any atom is -0.323 e. The minimum atomic E-state index is -0.622. The van der Waals surface area contributed by atoms with Crippen LogP contribution in [0.1, 0.15) is 50.4 Å². The lowest BCUT2D eigenvalue weighted by atomic mass is 10.1. The van der Waals surface area contributed by atoms with Gasteiger partial charge in [0.25, 0.3) is 0 Å². The van der Waals surface area contributed by atoms with Gasteiger partial charge in [-0.25, -0.2) is 13.8 Å². The van der Waals surface area contributed by atoms with Crippen LogP contribution in [0, 0.1) is 17.6 Å². The molecule has 0 aliphatic heterocycles. The van der Waals surface area contributed by atoms with Crippen LogP contribution in [0.5, 0.6) is 0 Å². The van der Waals surface area contributed by atoms with Crippen LogP contribution in [0.3, 0.4) is 0 Å². The molecule has 1 aromatic carbocycles. The molecule has 1 saturated carbocycles. The Labute approximate surface area is 121 Å². The summed E-state index contributed by atoms with van der Waals surface area (Å²) >= 11 is 6.20. The fraction of sp³-hybridized carbons (Fsp3) is 0.533. The van der Waals surface area contributed by atoms with Crippen molar-refractivity contribution in [3.05, 3.63) is 29.6 Å². The fourth-order valence-electron chi connectivity index (χ4n) is 3.28. The van der Waals surface area contributed by atoms with Crippen LogP contribution in [0.4, 0.5) is 8.78 Å². The van der Waals surface area contributed by atoms with E-state index in [0.717, 1.165) is 25.3 Å². The fourth-order valence-corrected chi connectivity index (χ4v) is 3.43. The van der Waals surface area contributed by atoms with Crippen molar-refractivity contribution in [3.8, 4) is 0 Å². The zero-order valence-corrected chi connectivity index (χ0v) is 12.3. The van der Waals surface area contributed by atoms with Gasteiger partial charge in [0, 0.05) is 12.1 Å². The maximum Gasteiger partial charge on any atom is 0.153 e. The van der Waals surface area contributed by atoms with Gasteiger partial charge >= 0.3 is 0 Å².